The lowest BCUT2D eigenvalue weighted by atomic mass is 10.2. The number of nitrogens with zero attached hydrogens (tertiary/aromatic N) is 1. The van der Waals surface area contributed by atoms with Gasteiger partial charge in [0, 0.05) is 31.3 Å². The van der Waals surface area contributed by atoms with Gasteiger partial charge in [-0.05, 0) is 24.2 Å². The number of benzene rings is 2. The summed E-state index contributed by atoms with van der Waals surface area (Å²) in [5.41, 5.74) is 2.03. The predicted molar refractivity (Wildman–Crippen MR) is 109 cm³/mol. The Bertz CT molecular complexity index is 783. The molecule has 0 aliphatic heterocycles. The molecule has 0 atom stereocenters. The van der Waals surface area contributed by atoms with Gasteiger partial charge in [0.2, 0.25) is 5.91 Å². The van der Waals surface area contributed by atoms with Crippen LogP contribution >= 0.6 is 0 Å². The number of rotatable bonds is 8. The maximum absolute atomic E-state index is 12.1. The summed E-state index contributed by atoms with van der Waals surface area (Å²) in [4.78, 5) is 32.6. The standard InChI is InChI=1S/C19H24N2O2.C2H2O4/c1-3-21(15-16-8-5-4-6-9-16)13-12-19(22)20-17-10-7-11-18(14-17)23-2;3-1(4)2(5)6/h4-11,14H,3,12-13,15H2,1-2H3,(H,20,22);(H,3,4)(H,5,6). The molecule has 156 valence electrons. The van der Waals surface area contributed by atoms with Crippen LogP contribution in [0.3, 0.4) is 0 Å². The lowest BCUT2D eigenvalue weighted by molar-refractivity contribution is -0.159. The molecule has 2 aromatic rings. The molecule has 1 amide bonds. The highest BCUT2D eigenvalue weighted by molar-refractivity contribution is 6.27. The molecule has 0 bridgehead atoms. The minimum atomic E-state index is -1.82. The first-order valence-corrected chi connectivity index (χ1v) is 9.02. The van der Waals surface area contributed by atoms with Crippen LogP contribution in [0.4, 0.5) is 5.69 Å². The predicted octanol–water partition coefficient (Wildman–Crippen LogP) is 2.70. The molecule has 0 saturated heterocycles. The summed E-state index contributed by atoms with van der Waals surface area (Å²) in [5.74, 6) is -2.89. The number of carbonyl (C=O) groups is 3. The number of hydrogen-bond donors (Lipinski definition) is 3. The van der Waals surface area contributed by atoms with Crippen LogP contribution in [0.2, 0.25) is 0 Å². The fourth-order valence-electron chi connectivity index (χ4n) is 2.37. The van der Waals surface area contributed by atoms with E-state index in [2.05, 4.69) is 29.3 Å². The zero-order valence-corrected chi connectivity index (χ0v) is 16.5. The third-order valence-corrected chi connectivity index (χ3v) is 3.89. The van der Waals surface area contributed by atoms with Gasteiger partial charge in [0.1, 0.15) is 5.75 Å². The van der Waals surface area contributed by atoms with E-state index in [0.29, 0.717) is 6.42 Å². The van der Waals surface area contributed by atoms with E-state index in [-0.39, 0.29) is 5.91 Å². The molecule has 0 unspecified atom stereocenters. The highest BCUT2D eigenvalue weighted by Gasteiger charge is 2.08. The third kappa shape index (κ3) is 9.92. The number of nitrogens with one attached hydrogen (secondary N) is 1. The van der Waals surface area contributed by atoms with Crippen LogP contribution < -0.4 is 10.1 Å². The quantitative estimate of drug-likeness (QED) is 0.581. The number of methoxy groups -OCH3 is 1. The first-order valence-electron chi connectivity index (χ1n) is 9.02. The van der Waals surface area contributed by atoms with E-state index in [9.17, 15) is 4.79 Å². The molecule has 3 N–H and O–H groups in total. The zero-order chi connectivity index (χ0) is 21.6. The molecule has 8 heteroatoms. The second-order valence-corrected chi connectivity index (χ2v) is 5.99. The van der Waals surface area contributed by atoms with Gasteiger partial charge < -0.3 is 20.3 Å². The number of carboxylic acids is 2. The number of aliphatic carboxylic acids is 2. The van der Waals surface area contributed by atoms with Gasteiger partial charge in [-0.2, -0.15) is 0 Å². The summed E-state index contributed by atoms with van der Waals surface area (Å²) >= 11 is 0. The number of carbonyl (C=O) groups excluding carboxylic acids is 1. The maximum Gasteiger partial charge on any atom is 0.414 e. The number of ether oxygens (including phenoxy) is 1. The molecule has 2 aromatic carbocycles. The highest BCUT2D eigenvalue weighted by Crippen LogP contribution is 2.16. The van der Waals surface area contributed by atoms with Crippen molar-refractivity contribution in [3.05, 3.63) is 60.2 Å². The zero-order valence-electron chi connectivity index (χ0n) is 16.5. The van der Waals surface area contributed by atoms with E-state index in [1.54, 1.807) is 7.11 Å². The second-order valence-electron chi connectivity index (χ2n) is 5.99. The Morgan fingerprint density at radius 1 is 1.00 bits per heavy atom. The van der Waals surface area contributed by atoms with E-state index >= 15 is 0 Å². The van der Waals surface area contributed by atoms with Gasteiger partial charge in [0.05, 0.1) is 7.11 Å². The van der Waals surface area contributed by atoms with E-state index in [4.69, 9.17) is 24.5 Å². The van der Waals surface area contributed by atoms with E-state index in [1.165, 1.54) is 5.56 Å². The summed E-state index contributed by atoms with van der Waals surface area (Å²) in [5, 5.41) is 17.7. The fourth-order valence-corrected chi connectivity index (χ4v) is 2.37. The molecule has 29 heavy (non-hydrogen) atoms. The monoisotopic (exact) mass is 402 g/mol. The average molecular weight is 402 g/mol. The summed E-state index contributed by atoms with van der Waals surface area (Å²) in [6.07, 6.45) is 0.470. The van der Waals surface area contributed by atoms with Gasteiger partial charge in [-0.1, -0.05) is 43.3 Å². The van der Waals surface area contributed by atoms with Crippen molar-refractivity contribution < 1.29 is 29.3 Å². The minimum absolute atomic E-state index is 0.0183. The molecule has 8 nitrogen and oxygen atoms in total. The van der Waals surface area contributed by atoms with Gasteiger partial charge in [0.25, 0.3) is 0 Å². The Labute approximate surface area is 169 Å². The molecular weight excluding hydrogens is 376 g/mol. The number of amides is 1. The van der Waals surface area contributed by atoms with Crippen molar-refractivity contribution in [3.8, 4) is 5.75 Å². The molecule has 0 aliphatic rings. The summed E-state index contributed by atoms with van der Waals surface area (Å²) in [6, 6.07) is 17.7. The van der Waals surface area contributed by atoms with Crippen molar-refractivity contribution in [1.29, 1.82) is 0 Å². The largest absolute Gasteiger partial charge is 0.497 e. The van der Waals surface area contributed by atoms with Crippen molar-refractivity contribution in [2.24, 2.45) is 0 Å². The fraction of sp³-hybridized carbons (Fsp3) is 0.286. The number of carboxylic acid groups (broad SMARTS) is 2. The minimum Gasteiger partial charge on any atom is -0.497 e. The molecule has 2 rings (SSSR count). The number of anilines is 1. The highest BCUT2D eigenvalue weighted by atomic mass is 16.5. The van der Waals surface area contributed by atoms with Crippen molar-refractivity contribution in [2.45, 2.75) is 19.9 Å². The molecule has 0 aliphatic carbocycles. The smallest absolute Gasteiger partial charge is 0.414 e. The molecule has 0 radical (unpaired) electrons. The Kier molecular flexibility index (Phi) is 10.5. The summed E-state index contributed by atoms with van der Waals surface area (Å²) < 4.78 is 5.16. The summed E-state index contributed by atoms with van der Waals surface area (Å²) in [6.45, 7) is 4.63. The Morgan fingerprint density at radius 3 is 2.21 bits per heavy atom. The topological polar surface area (TPSA) is 116 Å². The molecule has 0 aromatic heterocycles. The SMILES string of the molecule is CCN(CCC(=O)Nc1cccc(OC)c1)Cc1ccccc1.O=C(O)C(=O)O. The van der Waals surface area contributed by atoms with Crippen LogP contribution in [-0.2, 0) is 20.9 Å². The molecular formula is C21H26N2O6. The second kappa shape index (κ2) is 12.9. The van der Waals surface area contributed by atoms with Gasteiger partial charge in [-0.15, -0.1) is 0 Å². The maximum atomic E-state index is 12.1. The van der Waals surface area contributed by atoms with Crippen molar-refractivity contribution in [3.63, 3.8) is 0 Å². The van der Waals surface area contributed by atoms with E-state index < -0.39 is 11.9 Å². The first-order chi connectivity index (χ1) is 13.8. The van der Waals surface area contributed by atoms with Crippen LogP contribution in [0, 0.1) is 0 Å². The molecule has 0 spiro atoms. The van der Waals surface area contributed by atoms with Crippen LogP contribution in [0.1, 0.15) is 18.9 Å². The van der Waals surface area contributed by atoms with Crippen LogP contribution in [0.5, 0.6) is 5.75 Å². The van der Waals surface area contributed by atoms with Gasteiger partial charge in [-0.3, -0.25) is 9.69 Å². The Morgan fingerprint density at radius 2 is 1.66 bits per heavy atom. The Balaban J connectivity index is 0.000000612. The van der Waals surface area contributed by atoms with Gasteiger partial charge >= 0.3 is 11.9 Å². The molecule has 0 saturated carbocycles. The summed E-state index contributed by atoms with van der Waals surface area (Å²) in [7, 11) is 1.61. The van der Waals surface area contributed by atoms with E-state index in [1.807, 2.05) is 42.5 Å². The van der Waals surface area contributed by atoms with Gasteiger partial charge in [0.15, 0.2) is 0 Å². The van der Waals surface area contributed by atoms with Crippen LogP contribution in [0.15, 0.2) is 54.6 Å². The Hall–Kier alpha value is -3.39. The lowest BCUT2D eigenvalue weighted by Gasteiger charge is -2.20. The first kappa shape index (κ1) is 23.6. The third-order valence-electron chi connectivity index (χ3n) is 3.89. The molecule has 0 heterocycles. The van der Waals surface area contributed by atoms with Crippen molar-refractivity contribution in [2.75, 3.05) is 25.5 Å². The van der Waals surface area contributed by atoms with Crippen LogP contribution in [-0.4, -0.2) is 53.2 Å². The number of hydrogen-bond acceptors (Lipinski definition) is 5. The van der Waals surface area contributed by atoms with E-state index in [0.717, 1.165) is 31.1 Å². The molecule has 0 fully saturated rings. The van der Waals surface area contributed by atoms with Crippen LogP contribution in [0.25, 0.3) is 0 Å². The van der Waals surface area contributed by atoms with Gasteiger partial charge in [-0.25, -0.2) is 9.59 Å². The van der Waals surface area contributed by atoms with Crippen molar-refractivity contribution >= 4 is 23.5 Å². The lowest BCUT2D eigenvalue weighted by Crippen LogP contribution is -2.27. The average Bonchev–Trinajstić information content (AvgIpc) is 2.72. The normalized spacial score (nSPS) is 9.90. The van der Waals surface area contributed by atoms with Crippen molar-refractivity contribution in [1.82, 2.24) is 4.90 Å².